The Morgan fingerprint density at radius 2 is 1.94 bits per heavy atom. The van der Waals surface area contributed by atoms with Gasteiger partial charge in [-0.25, -0.2) is 4.39 Å². The second kappa shape index (κ2) is 6.36. The lowest BCUT2D eigenvalue weighted by molar-refractivity contribution is 0.625. The maximum absolute atomic E-state index is 13.3. The van der Waals surface area contributed by atoms with Crippen molar-refractivity contribution < 1.29 is 4.39 Å². The van der Waals surface area contributed by atoms with E-state index in [1.165, 1.54) is 11.6 Å². The molecule has 0 unspecified atom stereocenters. The van der Waals surface area contributed by atoms with Gasteiger partial charge in [-0.05, 0) is 56.7 Å². The van der Waals surface area contributed by atoms with E-state index in [1.807, 2.05) is 46.0 Å². The molecule has 0 aliphatic rings. The van der Waals surface area contributed by atoms with E-state index < -0.39 is 0 Å². The van der Waals surface area contributed by atoms with Crippen LogP contribution in [-0.2, 0) is 6.54 Å². The van der Waals surface area contributed by atoms with Gasteiger partial charge in [0.2, 0.25) is 0 Å². The van der Waals surface area contributed by atoms with Crippen LogP contribution in [0.3, 0.4) is 0 Å². The third kappa shape index (κ3) is 4.16. The van der Waals surface area contributed by atoms with Gasteiger partial charge in [0.25, 0.3) is 0 Å². The lowest BCUT2D eigenvalue weighted by Gasteiger charge is -2.09. The van der Waals surface area contributed by atoms with E-state index in [4.69, 9.17) is 0 Å². The lowest BCUT2D eigenvalue weighted by atomic mass is 10.00. The normalized spacial score (nSPS) is 11.5. The molecule has 92 valence electrons. The largest absolute Gasteiger partial charge is 0.316 e. The monoisotopic (exact) mass is 233 g/mol. The molecule has 0 radical (unpaired) electrons. The molecule has 17 heavy (non-hydrogen) atoms. The van der Waals surface area contributed by atoms with Gasteiger partial charge in [0, 0.05) is 6.54 Å². The minimum absolute atomic E-state index is 0.190. The Morgan fingerprint density at radius 1 is 1.24 bits per heavy atom. The minimum atomic E-state index is -0.190. The Kier molecular flexibility index (Phi) is 5.11. The zero-order chi connectivity index (χ0) is 12.8. The molecule has 1 N–H and O–H groups in total. The van der Waals surface area contributed by atoms with Crippen molar-refractivity contribution in [1.82, 2.24) is 5.32 Å². The molecule has 0 heterocycles. The van der Waals surface area contributed by atoms with Crippen LogP contribution in [0, 0.1) is 5.82 Å². The average Bonchev–Trinajstić information content (AvgIpc) is 2.28. The van der Waals surface area contributed by atoms with Gasteiger partial charge in [-0.1, -0.05) is 23.8 Å². The summed E-state index contributed by atoms with van der Waals surface area (Å²) in [7, 11) is 1.89. The first-order valence-electron chi connectivity index (χ1n) is 5.79. The van der Waals surface area contributed by atoms with Gasteiger partial charge < -0.3 is 5.32 Å². The van der Waals surface area contributed by atoms with E-state index in [2.05, 4.69) is 5.32 Å². The van der Waals surface area contributed by atoms with Crippen LogP contribution in [-0.4, -0.2) is 7.05 Å². The van der Waals surface area contributed by atoms with Gasteiger partial charge in [0.05, 0.1) is 0 Å². The molecule has 0 amide bonds. The Hall–Kier alpha value is -1.41. The van der Waals surface area contributed by atoms with Gasteiger partial charge in [0.15, 0.2) is 0 Å². The van der Waals surface area contributed by atoms with E-state index in [0.717, 1.165) is 23.2 Å². The van der Waals surface area contributed by atoms with Crippen molar-refractivity contribution in [2.75, 3.05) is 7.05 Å². The first-order chi connectivity index (χ1) is 8.04. The van der Waals surface area contributed by atoms with E-state index in [9.17, 15) is 4.39 Å². The van der Waals surface area contributed by atoms with Crippen LogP contribution in [0.2, 0.25) is 0 Å². The third-order valence-corrected chi connectivity index (χ3v) is 2.53. The summed E-state index contributed by atoms with van der Waals surface area (Å²) in [6, 6.07) is 4.93. The van der Waals surface area contributed by atoms with E-state index in [-0.39, 0.29) is 5.82 Å². The van der Waals surface area contributed by atoms with Crippen molar-refractivity contribution in [1.29, 1.82) is 0 Å². The Labute approximate surface area is 103 Å². The van der Waals surface area contributed by atoms with Crippen LogP contribution >= 0.6 is 0 Å². The predicted octanol–water partition coefficient (Wildman–Crippen LogP) is 3.91. The Balaban J connectivity index is 3.14. The number of benzene rings is 1. The predicted molar refractivity (Wildman–Crippen MR) is 72.2 cm³/mol. The molecule has 1 rings (SSSR count). The summed E-state index contributed by atoms with van der Waals surface area (Å²) in [5.74, 6) is -0.190. The maximum atomic E-state index is 13.3. The topological polar surface area (TPSA) is 12.0 Å². The van der Waals surface area contributed by atoms with Crippen molar-refractivity contribution in [3.8, 4) is 0 Å². The summed E-state index contributed by atoms with van der Waals surface area (Å²) in [5.41, 5.74) is 4.40. The standard InChI is InChI=1S/C15H20FN/c1-11(2)5-6-12(3)15-9-14(16)8-7-13(15)10-17-4/h5-9,17H,10H2,1-4H3/b12-6+. The van der Waals surface area contributed by atoms with Crippen LogP contribution in [0.1, 0.15) is 31.9 Å². The van der Waals surface area contributed by atoms with Crippen molar-refractivity contribution in [3.05, 3.63) is 52.9 Å². The first kappa shape index (κ1) is 13.7. The second-order valence-electron chi connectivity index (χ2n) is 4.43. The highest BCUT2D eigenvalue weighted by molar-refractivity contribution is 5.68. The number of allylic oxidation sites excluding steroid dienone is 4. The minimum Gasteiger partial charge on any atom is -0.316 e. The molecule has 0 aromatic heterocycles. The van der Waals surface area contributed by atoms with E-state index in [1.54, 1.807) is 6.07 Å². The fraction of sp³-hybridized carbons (Fsp3) is 0.333. The fourth-order valence-corrected chi connectivity index (χ4v) is 1.64. The molecule has 0 aliphatic heterocycles. The average molecular weight is 233 g/mol. The molecule has 0 saturated carbocycles. The van der Waals surface area contributed by atoms with Crippen molar-refractivity contribution >= 4 is 5.57 Å². The zero-order valence-corrected chi connectivity index (χ0v) is 11.0. The molecule has 0 atom stereocenters. The molecular formula is C15H20FN. The molecule has 0 spiro atoms. The van der Waals surface area contributed by atoms with E-state index in [0.29, 0.717) is 0 Å². The molecular weight excluding hydrogens is 213 g/mol. The molecule has 0 fully saturated rings. The number of hydrogen-bond donors (Lipinski definition) is 1. The molecule has 1 aromatic rings. The summed E-state index contributed by atoms with van der Waals surface area (Å²) >= 11 is 0. The molecule has 0 saturated heterocycles. The zero-order valence-electron chi connectivity index (χ0n) is 11.0. The number of hydrogen-bond acceptors (Lipinski definition) is 1. The fourth-order valence-electron chi connectivity index (χ4n) is 1.64. The number of nitrogens with one attached hydrogen (secondary N) is 1. The van der Waals surface area contributed by atoms with Gasteiger partial charge >= 0.3 is 0 Å². The Morgan fingerprint density at radius 3 is 2.53 bits per heavy atom. The smallest absolute Gasteiger partial charge is 0.123 e. The van der Waals surface area contributed by atoms with E-state index >= 15 is 0 Å². The second-order valence-corrected chi connectivity index (χ2v) is 4.43. The first-order valence-corrected chi connectivity index (χ1v) is 5.79. The van der Waals surface area contributed by atoms with Crippen LogP contribution in [0.4, 0.5) is 4.39 Å². The molecule has 1 nitrogen and oxygen atoms in total. The quantitative estimate of drug-likeness (QED) is 0.777. The third-order valence-electron chi connectivity index (χ3n) is 2.53. The molecule has 0 bridgehead atoms. The van der Waals surface area contributed by atoms with Gasteiger partial charge in [0.1, 0.15) is 5.82 Å². The summed E-state index contributed by atoms with van der Waals surface area (Å²) in [6.07, 6.45) is 4.08. The van der Waals surface area contributed by atoms with Crippen molar-refractivity contribution in [3.63, 3.8) is 0 Å². The summed E-state index contributed by atoms with van der Waals surface area (Å²) in [4.78, 5) is 0. The highest BCUT2D eigenvalue weighted by atomic mass is 19.1. The maximum Gasteiger partial charge on any atom is 0.123 e. The van der Waals surface area contributed by atoms with Crippen LogP contribution < -0.4 is 5.32 Å². The van der Waals surface area contributed by atoms with Crippen molar-refractivity contribution in [2.24, 2.45) is 0 Å². The summed E-state index contributed by atoms with van der Waals surface area (Å²) in [6.45, 7) is 6.84. The SMILES string of the molecule is CNCc1ccc(F)cc1/C(C)=C/C=C(C)C. The molecule has 2 heteroatoms. The lowest BCUT2D eigenvalue weighted by Crippen LogP contribution is -2.07. The summed E-state index contributed by atoms with van der Waals surface area (Å²) in [5, 5.41) is 3.10. The van der Waals surface area contributed by atoms with Crippen LogP contribution in [0.25, 0.3) is 5.57 Å². The van der Waals surface area contributed by atoms with Gasteiger partial charge in [-0.2, -0.15) is 0 Å². The Bertz CT molecular complexity index is 440. The highest BCUT2D eigenvalue weighted by Crippen LogP contribution is 2.20. The molecule has 1 aromatic carbocycles. The van der Waals surface area contributed by atoms with Gasteiger partial charge in [-0.3, -0.25) is 0 Å². The van der Waals surface area contributed by atoms with Crippen molar-refractivity contribution in [2.45, 2.75) is 27.3 Å². The van der Waals surface area contributed by atoms with Crippen LogP contribution in [0.15, 0.2) is 35.9 Å². The number of halogens is 1. The molecule has 0 aliphatic carbocycles. The van der Waals surface area contributed by atoms with Gasteiger partial charge in [-0.15, -0.1) is 0 Å². The number of rotatable bonds is 4. The van der Waals surface area contributed by atoms with Crippen LogP contribution in [0.5, 0.6) is 0 Å². The highest BCUT2D eigenvalue weighted by Gasteiger charge is 2.04. The summed E-state index contributed by atoms with van der Waals surface area (Å²) < 4.78 is 13.3.